The highest BCUT2D eigenvalue weighted by atomic mass is 127. The zero-order chi connectivity index (χ0) is 20.9. The minimum atomic E-state index is 0. The molecule has 0 bridgehead atoms. The molecule has 1 aliphatic heterocycles. The van der Waals surface area contributed by atoms with Crippen LogP contribution in [0, 0.1) is 11.3 Å². The fourth-order valence-electron chi connectivity index (χ4n) is 4.63. The summed E-state index contributed by atoms with van der Waals surface area (Å²) in [5, 5.41) is 7.07. The number of nitrogens with one attached hydrogen (secondary N) is 2. The summed E-state index contributed by atoms with van der Waals surface area (Å²) in [6.45, 7) is 14.3. The van der Waals surface area contributed by atoms with Gasteiger partial charge in [0, 0.05) is 37.1 Å². The third kappa shape index (κ3) is 5.52. The predicted octanol–water partition coefficient (Wildman–Crippen LogP) is 4.01. The smallest absolute Gasteiger partial charge is 0.191 e. The quantitative estimate of drug-likeness (QED) is 0.287. The Morgan fingerprint density at radius 2 is 1.90 bits per heavy atom. The molecule has 1 saturated heterocycles. The van der Waals surface area contributed by atoms with Gasteiger partial charge in [-0.15, -0.1) is 24.0 Å². The van der Waals surface area contributed by atoms with Gasteiger partial charge in [0.1, 0.15) is 0 Å². The summed E-state index contributed by atoms with van der Waals surface area (Å²) in [4.78, 5) is 4.83. The number of rotatable bonds is 9. The number of benzene rings is 1. The van der Waals surface area contributed by atoms with Crippen LogP contribution < -0.4 is 20.1 Å². The first kappa shape index (κ1) is 25.0. The molecule has 2 N–H and O–H groups in total. The molecule has 1 aromatic rings. The van der Waals surface area contributed by atoms with E-state index in [1.54, 1.807) is 0 Å². The molecule has 3 atom stereocenters. The van der Waals surface area contributed by atoms with Gasteiger partial charge >= 0.3 is 0 Å². The molecule has 0 radical (unpaired) electrons. The third-order valence-corrected chi connectivity index (χ3v) is 6.02. The van der Waals surface area contributed by atoms with Crippen LogP contribution in [0.15, 0.2) is 23.2 Å². The van der Waals surface area contributed by atoms with Gasteiger partial charge in [-0.05, 0) is 51.3 Å². The molecule has 0 aromatic heterocycles. The molecule has 3 unspecified atom stereocenters. The van der Waals surface area contributed by atoms with E-state index in [1.807, 2.05) is 19.9 Å². The monoisotopic (exact) mass is 531 g/mol. The molecule has 2 fully saturated rings. The van der Waals surface area contributed by atoms with Gasteiger partial charge < -0.3 is 24.8 Å². The largest absolute Gasteiger partial charge is 0.490 e. The molecule has 1 heterocycles. The minimum absolute atomic E-state index is 0. The van der Waals surface area contributed by atoms with Gasteiger partial charge in [-0.2, -0.15) is 0 Å². The van der Waals surface area contributed by atoms with Crippen molar-refractivity contribution in [2.45, 2.75) is 59.6 Å². The molecule has 3 rings (SSSR count). The molecule has 7 heteroatoms. The highest BCUT2D eigenvalue weighted by molar-refractivity contribution is 14.0. The average molecular weight is 531 g/mol. The normalized spacial score (nSPS) is 24.3. The van der Waals surface area contributed by atoms with E-state index in [-0.39, 0.29) is 29.4 Å². The molecule has 6 nitrogen and oxygen atoms in total. The summed E-state index contributed by atoms with van der Waals surface area (Å²) < 4.78 is 17.3. The summed E-state index contributed by atoms with van der Waals surface area (Å²) in [5.74, 6) is 3.10. The lowest BCUT2D eigenvalue weighted by Gasteiger charge is -2.54. The lowest BCUT2D eigenvalue weighted by atomic mass is 9.57. The first-order chi connectivity index (χ1) is 14.0. The van der Waals surface area contributed by atoms with Crippen molar-refractivity contribution in [2.24, 2.45) is 16.3 Å². The highest BCUT2D eigenvalue weighted by Crippen LogP contribution is 2.52. The van der Waals surface area contributed by atoms with E-state index in [4.69, 9.17) is 19.2 Å². The topological polar surface area (TPSA) is 64.1 Å². The molecule has 0 amide bonds. The summed E-state index contributed by atoms with van der Waals surface area (Å²) >= 11 is 0. The van der Waals surface area contributed by atoms with Crippen molar-refractivity contribution in [1.29, 1.82) is 0 Å². The number of halogens is 1. The molecule has 1 aromatic carbocycles. The number of hydrogen-bond donors (Lipinski definition) is 2. The molecule has 1 aliphatic carbocycles. The van der Waals surface area contributed by atoms with Gasteiger partial charge in [-0.1, -0.05) is 19.9 Å². The number of guanidine groups is 1. The second-order valence-electron chi connectivity index (χ2n) is 8.35. The Morgan fingerprint density at radius 3 is 2.60 bits per heavy atom. The molecular weight excluding hydrogens is 493 g/mol. The van der Waals surface area contributed by atoms with Crippen molar-refractivity contribution in [3.8, 4) is 11.5 Å². The first-order valence-corrected chi connectivity index (χ1v) is 11.1. The highest BCUT2D eigenvalue weighted by Gasteiger charge is 2.59. The van der Waals surface area contributed by atoms with E-state index in [0.717, 1.165) is 43.5 Å². The molecule has 0 spiro atoms. The maximum absolute atomic E-state index is 5.91. The molecule has 1 saturated carbocycles. The van der Waals surface area contributed by atoms with Crippen LogP contribution in [0.3, 0.4) is 0 Å². The molecule has 170 valence electrons. The summed E-state index contributed by atoms with van der Waals surface area (Å²) in [5.41, 5.74) is 1.34. The van der Waals surface area contributed by atoms with Crippen LogP contribution in [0.2, 0.25) is 0 Å². The molecule has 2 aliphatic rings. The van der Waals surface area contributed by atoms with E-state index in [2.05, 4.69) is 43.5 Å². The van der Waals surface area contributed by atoms with Crippen LogP contribution in [-0.4, -0.2) is 51.0 Å². The number of fused-ring (bicyclic) bond motifs is 1. The van der Waals surface area contributed by atoms with Crippen LogP contribution in [-0.2, 0) is 11.2 Å². The third-order valence-electron chi connectivity index (χ3n) is 6.02. The van der Waals surface area contributed by atoms with Crippen LogP contribution in [0.5, 0.6) is 11.5 Å². The standard InChI is InChI=1S/C23H37N3O3.HI/c1-6-24-22(26-20-17-12-14-29-21(17)23(20,4)5)25-13-11-16-9-10-18(27-7-2)19(15-16)28-8-3;/h9-10,15,17,20-21H,6-8,11-14H2,1-5H3,(H2,24,25,26);1H. The van der Waals surface area contributed by atoms with Gasteiger partial charge in [0.25, 0.3) is 0 Å². The van der Waals surface area contributed by atoms with Crippen LogP contribution >= 0.6 is 24.0 Å². The lowest BCUT2D eigenvalue weighted by molar-refractivity contribution is -0.106. The van der Waals surface area contributed by atoms with Crippen molar-refractivity contribution in [1.82, 2.24) is 10.6 Å². The van der Waals surface area contributed by atoms with Gasteiger partial charge in [0.15, 0.2) is 17.5 Å². The maximum atomic E-state index is 5.91. The second-order valence-corrected chi connectivity index (χ2v) is 8.35. The Kier molecular flexibility index (Phi) is 9.53. The predicted molar refractivity (Wildman–Crippen MR) is 132 cm³/mol. The second kappa shape index (κ2) is 11.4. The Bertz CT molecular complexity index is 711. The van der Waals surface area contributed by atoms with Gasteiger partial charge in [0.05, 0.1) is 19.3 Å². The van der Waals surface area contributed by atoms with Crippen molar-refractivity contribution in [3.63, 3.8) is 0 Å². The van der Waals surface area contributed by atoms with Crippen LogP contribution in [0.25, 0.3) is 0 Å². The SMILES string of the molecule is CCNC(=NCCc1ccc(OCC)c(OCC)c1)NC1C2CCOC2C1(C)C.I. The Morgan fingerprint density at radius 1 is 1.17 bits per heavy atom. The molecule has 30 heavy (non-hydrogen) atoms. The zero-order valence-electron chi connectivity index (χ0n) is 19.0. The zero-order valence-corrected chi connectivity index (χ0v) is 21.3. The van der Waals surface area contributed by atoms with E-state index in [1.165, 1.54) is 5.56 Å². The minimum Gasteiger partial charge on any atom is -0.490 e. The number of nitrogens with zero attached hydrogens (tertiary/aromatic N) is 1. The summed E-state index contributed by atoms with van der Waals surface area (Å²) in [7, 11) is 0. The Hall–Kier alpha value is -1.22. The number of ether oxygens (including phenoxy) is 3. The number of hydrogen-bond acceptors (Lipinski definition) is 4. The first-order valence-electron chi connectivity index (χ1n) is 11.1. The van der Waals surface area contributed by atoms with E-state index in [0.29, 0.717) is 37.8 Å². The Labute approximate surface area is 198 Å². The van der Waals surface area contributed by atoms with E-state index >= 15 is 0 Å². The van der Waals surface area contributed by atoms with E-state index in [9.17, 15) is 0 Å². The van der Waals surface area contributed by atoms with Crippen molar-refractivity contribution in [3.05, 3.63) is 23.8 Å². The summed E-state index contributed by atoms with van der Waals surface area (Å²) in [6, 6.07) is 6.56. The van der Waals surface area contributed by atoms with Crippen LogP contribution in [0.4, 0.5) is 0 Å². The lowest BCUT2D eigenvalue weighted by Crippen LogP contribution is -2.68. The average Bonchev–Trinajstić information content (AvgIpc) is 3.15. The van der Waals surface area contributed by atoms with Crippen LogP contribution in [0.1, 0.15) is 46.6 Å². The van der Waals surface area contributed by atoms with Crippen molar-refractivity contribution < 1.29 is 14.2 Å². The Balaban J connectivity index is 0.00000320. The van der Waals surface area contributed by atoms with Gasteiger partial charge in [-0.25, -0.2) is 0 Å². The summed E-state index contributed by atoms with van der Waals surface area (Å²) in [6.07, 6.45) is 2.37. The fraction of sp³-hybridized carbons (Fsp3) is 0.696. The van der Waals surface area contributed by atoms with Crippen molar-refractivity contribution in [2.75, 3.05) is 32.9 Å². The number of aliphatic imine (C=N–C) groups is 1. The van der Waals surface area contributed by atoms with Gasteiger partial charge in [-0.3, -0.25) is 4.99 Å². The molecular formula is C23H38IN3O3. The maximum Gasteiger partial charge on any atom is 0.191 e. The van der Waals surface area contributed by atoms with E-state index < -0.39 is 0 Å². The van der Waals surface area contributed by atoms with Crippen molar-refractivity contribution >= 4 is 29.9 Å². The fourth-order valence-corrected chi connectivity index (χ4v) is 4.63. The van der Waals surface area contributed by atoms with Gasteiger partial charge in [0.2, 0.25) is 0 Å².